The van der Waals surface area contributed by atoms with Gasteiger partial charge in [0, 0.05) is 19.6 Å². The lowest BCUT2D eigenvalue weighted by molar-refractivity contribution is 0.382. The molecule has 0 amide bonds. The number of rotatable bonds is 7. The van der Waals surface area contributed by atoms with Crippen molar-refractivity contribution in [3.63, 3.8) is 0 Å². The number of fused-ring (bicyclic) bond motifs is 1. The van der Waals surface area contributed by atoms with Gasteiger partial charge in [-0.3, -0.25) is 5.21 Å². The predicted octanol–water partition coefficient (Wildman–Crippen LogP) is 3.28. The zero-order chi connectivity index (χ0) is 19.2. The molecular weight excluding hydrogens is 352 g/mol. The van der Waals surface area contributed by atoms with Crippen molar-refractivity contribution in [1.82, 2.24) is 15.0 Å². The molecule has 0 spiro atoms. The minimum atomic E-state index is 0.148. The van der Waals surface area contributed by atoms with Gasteiger partial charge in [-0.1, -0.05) is 54.6 Å². The van der Waals surface area contributed by atoms with E-state index < -0.39 is 0 Å². The van der Waals surface area contributed by atoms with Crippen LogP contribution in [-0.2, 0) is 19.4 Å². The number of aryl methyl sites for hydroxylation is 1. The monoisotopic (exact) mass is 376 g/mol. The second-order valence-corrected chi connectivity index (χ2v) is 6.85. The number of nitrogens with one attached hydrogen (secondary N) is 2. The Morgan fingerprint density at radius 2 is 1.64 bits per heavy atom. The first-order chi connectivity index (χ1) is 13.8. The molecule has 0 saturated heterocycles. The van der Waals surface area contributed by atoms with Crippen molar-refractivity contribution in [2.24, 2.45) is 0 Å². The summed E-state index contributed by atoms with van der Waals surface area (Å²) in [6, 6.07) is 18.8. The van der Waals surface area contributed by atoms with Gasteiger partial charge in [0.15, 0.2) is 0 Å². The van der Waals surface area contributed by atoms with Gasteiger partial charge >= 0.3 is 0 Å². The lowest BCUT2D eigenvalue weighted by Crippen LogP contribution is -2.32. The van der Waals surface area contributed by atoms with Gasteiger partial charge in [0.25, 0.3) is 5.95 Å². The second kappa shape index (κ2) is 8.67. The minimum absolute atomic E-state index is 0.148. The third-order valence-electron chi connectivity index (χ3n) is 4.91. The molecule has 3 N–H and O–H groups in total. The molecule has 0 radical (unpaired) electrons. The van der Waals surface area contributed by atoms with Crippen LogP contribution in [0.15, 0.2) is 54.6 Å². The molecule has 144 valence electrons. The van der Waals surface area contributed by atoms with Crippen LogP contribution < -0.4 is 15.7 Å². The number of anilines is 3. The fourth-order valence-corrected chi connectivity index (χ4v) is 3.44. The van der Waals surface area contributed by atoms with Gasteiger partial charge in [-0.15, -0.1) is 0 Å². The van der Waals surface area contributed by atoms with Gasteiger partial charge in [0.1, 0.15) is 0 Å². The first kappa shape index (κ1) is 18.2. The maximum absolute atomic E-state index is 9.31. The summed E-state index contributed by atoms with van der Waals surface area (Å²) in [4.78, 5) is 15.2. The summed E-state index contributed by atoms with van der Waals surface area (Å²) in [6.45, 7) is 2.32. The Bertz CT molecular complexity index is 918. The number of nitrogens with zero attached hydrogens (tertiary/aromatic N) is 4. The number of benzene rings is 2. The smallest absolute Gasteiger partial charge is 0.253 e. The molecule has 0 saturated carbocycles. The third-order valence-corrected chi connectivity index (χ3v) is 4.91. The summed E-state index contributed by atoms with van der Waals surface area (Å²) < 4.78 is 0. The molecule has 0 unspecified atom stereocenters. The maximum atomic E-state index is 9.31. The Hall–Kier alpha value is -3.19. The molecule has 4 rings (SSSR count). The molecule has 0 atom stereocenters. The van der Waals surface area contributed by atoms with Crippen molar-refractivity contribution < 1.29 is 5.21 Å². The van der Waals surface area contributed by atoms with Gasteiger partial charge in [-0.2, -0.15) is 15.0 Å². The van der Waals surface area contributed by atoms with E-state index >= 15 is 0 Å². The Morgan fingerprint density at radius 3 is 2.46 bits per heavy atom. The van der Waals surface area contributed by atoms with Crippen molar-refractivity contribution in [2.45, 2.75) is 25.8 Å². The number of hydrogen-bond donors (Lipinski definition) is 3. The van der Waals surface area contributed by atoms with Crippen molar-refractivity contribution in [1.29, 1.82) is 0 Å². The molecule has 7 nitrogen and oxygen atoms in total. The van der Waals surface area contributed by atoms with E-state index in [1.54, 1.807) is 0 Å². The maximum Gasteiger partial charge on any atom is 0.253 e. The summed E-state index contributed by atoms with van der Waals surface area (Å²) in [5.41, 5.74) is 6.01. The third kappa shape index (κ3) is 4.37. The Kier molecular flexibility index (Phi) is 5.63. The molecule has 2 aromatic carbocycles. The summed E-state index contributed by atoms with van der Waals surface area (Å²) in [7, 11) is 0. The zero-order valence-electron chi connectivity index (χ0n) is 15.7. The Morgan fingerprint density at radius 1 is 0.893 bits per heavy atom. The first-order valence-corrected chi connectivity index (χ1v) is 9.57. The van der Waals surface area contributed by atoms with Crippen LogP contribution in [0.4, 0.5) is 17.8 Å². The standard InChI is InChI=1S/C21H24N6O/c28-26-20-23-19(22-13-6-9-16-7-2-1-3-8-16)24-21(25-20)27-14-12-17-10-4-5-11-18(17)15-27/h1-5,7-8,10-11,28H,6,9,12-15H2,(H2,22,23,24,25,26). The minimum Gasteiger partial charge on any atom is -0.354 e. The molecule has 28 heavy (non-hydrogen) atoms. The second-order valence-electron chi connectivity index (χ2n) is 6.85. The highest BCUT2D eigenvalue weighted by Crippen LogP contribution is 2.23. The van der Waals surface area contributed by atoms with Gasteiger partial charge in [-0.05, 0) is 36.0 Å². The number of hydrogen-bond acceptors (Lipinski definition) is 7. The highest BCUT2D eigenvalue weighted by atomic mass is 16.5. The molecule has 0 bridgehead atoms. The molecule has 0 aliphatic carbocycles. The molecule has 7 heteroatoms. The molecule has 2 heterocycles. The van der Waals surface area contributed by atoms with E-state index in [-0.39, 0.29) is 5.95 Å². The van der Waals surface area contributed by atoms with Crippen LogP contribution in [0.25, 0.3) is 0 Å². The molecule has 3 aromatic rings. The molecular formula is C21H24N6O. The first-order valence-electron chi connectivity index (χ1n) is 9.57. The molecule has 1 aliphatic rings. The van der Waals surface area contributed by atoms with Crippen LogP contribution in [0.1, 0.15) is 23.1 Å². The van der Waals surface area contributed by atoms with Crippen LogP contribution in [0.3, 0.4) is 0 Å². The van der Waals surface area contributed by atoms with Gasteiger partial charge < -0.3 is 10.2 Å². The average molecular weight is 376 g/mol. The average Bonchev–Trinajstić information content (AvgIpc) is 2.77. The van der Waals surface area contributed by atoms with E-state index in [0.29, 0.717) is 11.9 Å². The van der Waals surface area contributed by atoms with Gasteiger partial charge in [0.2, 0.25) is 11.9 Å². The summed E-state index contributed by atoms with van der Waals surface area (Å²) in [5, 5.41) is 12.6. The number of aromatic nitrogens is 3. The lowest BCUT2D eigenvalue weighted by Gasteiger charge is -2.29. The Labute approximate surface area is 164 Å². The Balaban J connectivity index is 1.41. The predicted molar refractivity (Wildman–Crippen MR) is 110 cm³/mol. The fraction of sp³-hybridized carbons (Fsp3) is 0.286. The highest BCUT2D eigenvalue weighted by molar-refractivity contribution is 5.46. The highest BCUT2D eigenvalue weighted by Gasteiger charge is 2.19. The van der Waals surface area contributed by atoms with Crippen molar-refractivity contribution in [3.8, 4) is 0 Å². The summed E-state index contributed by atoms with van der Waals surface area (Å²) in [6.07, 6.45) is 2.90. The fourth-order valence-electron chi connectivity index (χ4n) is 3.44. The molecule has 1 aromatic heterocycles. The van der Waals surface area contributed by atoms with Crippen LogP contribution in [0.2, 0.25) is 0 Å². The quantitative estimate of drug-likeness (QED) is 0.431. The van der Waals surface area contributed by atoms with Gasteiger partial charge in [0.05, 0.1) is 0 Å². The van der Waals surface area contributed by atoms with E-state index in [0.717, 1.165) is 38.9 Å². The van der Waals surface area contributed by atoms with Gasteiger partial charge in [-0.25, -0.2) is 5.48 Å². The SMILES string of the molecule is ONc1nc(NCCCc2ccccc2)nc(N2CCc3ccccc3C2)n1. The van der Waals surface area contributed by atoms with E-state index in [4.69, 9.17) is 0 Å². The van der Waals surface area contributed by atoms with E-state index in [1.165, 1.54) is 16.7 Å². The largest absolute Gasteiger partial charge is 0.354 e. The normalized spacial score (nSPS) is 13.1. The molecule has 1 aliphatic heterocycles. The topological polar surface area (TPSA) is 86.2 Å². The van der Waals surface area contributed by atoms with Crippen LogP contribution in [0, 0.1) is 0 Å². The van der Waals surface area contributed by atoms with E-state index in [9.17, 15) is 5.21 Å². The van der Waals surface area contributed by atoms with Crippen molar-refractivity contribution >= 4 is 17.8 Å². The van der Waals surface area contributed by atoms with Crippen LogP contribution >= 0.6 is 0 Å². The van der Waals surface area contributed by atoms with Crippen LogP contribution in [0.5, 0.6) is 0 Å². The molecule has 0 fully saturated rings. The van der Waals surface area contributed by atoms with Crippen molar-refractivity contribution in [2.75, 3.05) is 28.8 Å². The van der Waals surface area contributed by atoms with E-state index in [2.05, 4.69) is 79.2 Å². The van der Waals surface area contributed by atoms with E-state index in [1.807, 2.05) is 6.07 Å². The lowest BCUT2D eigenvalue weighted by atomic mass is 10.0. The zero-order valence-corrected chi connectivity index (χ0v) is 15.7. The summed E-state index contributed by atoms with van der Waals surface area (Å²) >= 11 is 0. The van der Waals surface area contributed by atoms with Crippen molar-refractivity contribution in [3.05, 3.63) is 71.3 Å². The van der Waals surface area contributed by atoms with Crippen LogP contribution in [-0.4, -0.2) is 33.2 Å². The summed E-state index contributed by atoms with van der Waals surface area (Å²) in [5.74, 6) is 1.18.